The number of anilines is 3. The maximum atomic E-state index is 15.1. The third-order valence-electron chi connectivity index (χ3n) is 7.35. The first-order valence-corrected chi connectivity index (χ1v) is 13.4. The maximum Gasteiger partial charge on any atom is 0.254 e. The van der Waals surface area contributed by atoms with Gasteiger partial charge in [-0.25, -0.2) is 9.37 Å². The molecule has 2 aromatic rings. The van der Waals surface area contributed by atoms with Crippen molar-refractivity contribution in [1.82, 2.24) is 25.5 Å². The molecule has 0 bridgehead atoms. The monoisotopic (exact) mass is 533 g/mol. The second-order valence-electron chi connectivity index (χ2n) is 9.66. The molecule has 1 saturated heterocycles. The summed E-state index contributed by atoms with van der Waals surface area (Å²) in [6.07, 6.45) is 7.61. The van der Waals surface area contributed by atoms with E-state index in [4.69, 9.17) is 16.3 Å². The van der Waals surface area contributed by atoms with E-state index in [1.165, 1.54) is 31.9 Å². The summed E-state index contributed by atoms with van der Waals surface area (Å²) in [6, 6.07) is 3.18. The van der Waals surface area contributed by atoms with Crippen LogP contribution in [0.4, 0.5) is 21.8 Å². The first-order chi connectivity index (χ1) is 17.9. The van der Waals surface area contributed by atoms with E-state index in [1.54, 1.807) is 0 Å². The molecule has 2 fully saturated rings. The molecule has 2 aliphatic rings. The Morgan fingerprint density at radius 2 is 1.92 bits per heavy atom. The molecule has 2 atom stereocenters. The minimum atomic E-state index is -0.654. The molecule has 1 amide bonds. The lowest BCUT2D eigenvalue weighted by Crippen LogP contribution is -2.44. The van der Waals surface area contributed by atoms with Gasteiger partial charge in [-0.05, 0) is 45.3 Å². The normalized spacial score (nSPS) is 20.9. The third kappa shape index (κ3) is 6.80. The van der Waals surface area contributed by atoms with Crippen molar-refractivity contribution >= 4 is 35.0 Å². The van der Waals surface area contributed by atoms with Crippen LogP contribution in [-0.2, 0) is 0 Å². The quantitative estimate of drug-likeness (QED) is 0.381. The van der Waals surface area contributed by atoms with Gasteiger partial charge in [-0.1, -0.05) is 31.4 Å². The molecule has 2 heterocycles. The molecule has 37 heavy (non-hydrogen) atoms. The minimum absolute atomic E-state index is 0.0264. The van der Waals surface area contributed by atoms with Gasteiger partial charge in [-0.2, -0.15) is 4.98 Å². The Balaban J connectivity index is 1.47. The smallest absolute Gasteiger partial charge is 0.254 e. The maximum absolute atomic E-state index is 15.1. The van der Waals surface area contributed by atoms with Crippen molar-refractivity contribution in [2.45, 2.75) is 63.6 Å². The molecule has 0 radical (unpaired) electrons. The van der Waals surface area contributed by atoms with Gasteiger partial charge in [-0.3, -0.25) is 4.79 Å². The van der Waals surface area contributed by atoms with Crippen LogP contribution < -0.4 is 26.0 Å². The third-order valence-corrected chi connectivity index (χ3v) is 7.63. The molecule has 4 N–H and O–H groups in total. The Morgan fingerprint density at radius 3 is 2.59 bits per heavy atom. The summed E-state index contributed by atoms with van der Waals surface area (Å²) in [6.45, 7) is 4.96. The van der Waals surface area contributed by atoms with E-state index in [1.807, 2.05) is 7.05 Å². The number of methoxy groups -OCH3 is 1. The Labute approximate surface area is 222 Å². The lowest BCUT2D eigenvalue weighted by Gasteiger charge is -2.32. The second-order valence-corrected chi connectivity index (χ2v) is 10.1. The highest BCUT2D eigenvalue weighted by molar-refractivity contribution is 6.32. The number of carbonyl (C=O) groups is 1. The van der Waals surface area contributed by atoms with Crippen LogP contribution in [0.2, 0.25) is 5.02 Å². The topological polar surface area (TPSA) is 103 Å². The molecule has 1 aliphatic carbocycles. The first-order valence-electron chi connectivity index (χ1n) is 13.1. The van der Waals surface area contributed by atoms with E-state index in [-0.39, 0.29) is 23.6 Å². The molecule has 1 saturated carbocycles. The molecule has 0 unspecified atom stereocenters. The van der Waals surface area contributed by atoms with E-state index < -0.39 is 11.7 Å². The van der Waals surface area contributed by atoms with E-state index in [9.17, 15) is 4.79 Å². The summed E-state index contributed by atoms with van der Waals surface area (Å²) in [4.78, 5) is 24.0. The van der Waals surface area contributed by atoms with Crippen LogP contribution in [0.25, 0.3) is 0 Å². The van der Waals surface area contributed by atoms with Crippen molar-refractivity contribution in [3.05, 3.63) is 34.7 Å². The van der Waals surface area contributed by atoms with Crippen LogP contribution in [0.5, 0.6) is 5.75 Å². The molecule has 1 aromatic carbocycles. The van der Waals surface area contributed by atoms with Gasteiger partial charge in [-0.15, -0.1) is 0 Å². The van der Waals surface area contributed by atoms with Crippen LogP contribution in [0.3, 0.4) is 0 Å². The predicted octanol–water partition coefficient (Wildman–Crippen LogP) is 4.18. The Bertz CT molecular complexity index is 1080. The number of ether oxygens (including phenoxy) is 1. The van der Waals surface area contributed by atoms with Crippen LogP contribution >= 0.6 is 11.6 Å². The number of halogens is 2. The van der Waals surface area contributed by atoms with Crippen LogP contribution in [-0.4, -0.2) is 72.7 Å². The average Bonchev–Trinajstić information content (AvgIpc) is 2.91. The fourth-order valence-corrected chi connectivity index (χ4v) is 5.27. The molecule has 202 valence electrons. The SMILES string of the molecule is CCN1CCC(NC(=O)c2cc(OC)c(Nc3ncc(Cl)c(N[C@@H]4CCCC[C@H]4NC)n3)cc2F)CC1. The van der Waals surface area contributed by atoms with Crippen LogP contribution in [0.15, 0.2) is 18.3 Å². The average molecular weight is 534 g/mol. The number of piperidine rings is 1. The van der Waals surface area contributed by atoms with Crippen molar-refractivity contribution in [3.8, 4) is 5.75 Å². The zero-order valence-electron chi connectivity index (χ0n) is 21.7. The Hall–Kier alpha value is -2.69. The van der Waals surface area contributed by atoms with Gasteiger partial charge in [0.2, 0.25) is 5.95 Å². The van der Waals surface area contributed by atoms with E-state index in [0.717, 1.165) is 51.7 Å². The standard InChI is InChI=1S/C26H37ClFN7O2/c1-4-35-11-9-16(10-12-35)31-25(36)17-13-23(37-3)22(14-19(17)28)33-26-30-15-18(27)24(34-26)32-21-8-6-5-7-20(21)29-2/h13-16,20-21,29H,4-12H2,1-3H3,(H,31,36)(H2,30,32,33,34)/t20-,21-/m1/s1. The van der Waals surface area contributed by atoms with Crippen molar-refractivity contribution in [3.63, 3.8) is 0 Å². The summed E-state index contributed by atoms with van der Waals surface area (Å²) in [5, 5.41) is 13.2. The lowest BCUT2D eigenvalue weighted by atomic mass is 9.90. The zero-order chi connectivity index (χ0) is 26.4. The summed E-state index contributed by atoms with van der Waals surface area (Å²) >= 11 is 6.38. The first kappa shape index (κ1) is 27.3. The Kier molecular flexibility index (Phi) is 9.39. The number of nitrogens with zero attached hydrogens (tertiary/aromatic N) is 3. The number of rotatable bonds is 9. The van der Waals surface area contributed by atoms with Gasteiger partial charge >= 0.3 is 0 Å². The van der Waals surface area contributed by atoms with Gasteiger partial charge in [0.1, 0.15) is 16.6 Å². The largest absolute Gasteiger partial charge is 0.495 e. The van der Waals surface area contributed by atoms with E-state index in [0.29, 0.717) is 28.3 Å². The van der Waals surface area contributed by atoms with Gasteiger partial charge in [0.15, 0.2) is 5.82 Å². The number of aromatic nitrogens is 2. The number of carbonyl (C=O) groups excluding carboxylic acids is 1. The molecule has 1 aromatic heterocycles. The number of likely N-dealkylation sites (N-methyl/N-ethyl adjacent to an activating group) is 1. The molecular formula is C26H37ClFN7O2. The molecule has 4 rings (SSSR count). The zero-order valence-corrected chi connectivity index (χ0v) is 22.5. The summed E-state index contributed by atoms with van der Waals surface area (Å²) in [7, 11) is 3.43. The van der Waals surface area contributed by atoms with Gasteiger partial charge in [0.05, 0.1) is 24.6 Å². The van der Waals surface area contributed by atoms with Crippen molar-refractivity contribution in [2.75, 3.05) is 44.4 Å². The fraction of sp³-hybridized carbons (Fsp3) is 0.577. The number of hydrogen-bond donors (Lipinski definition) is 4. The fourth-order valence-electron chi connectivity index (χ4n) is 5.12. The van der Waals surface area contributed by atoms with Crippen molar-refractivity contribution < 1.29 is 13.9 Å². The van der Waals surface area contributed by atoms with Crippen molar-refractivity contribution in [1.29, 1.82) is 0 Å². The van der Waals surface area contributed by atoms with Crippen molar-refractivity contribution in [2.24, 2.45) is 0 Å². The molecular weight excluding hydrogens is 497 g/mol. The van der Waals surface area contributed by atoms with Gasteiger partial charge in [0.25, 0.3) is 5.91 Å². The number of amides is 1. The van der Waals surface area contributed by atoms with E-state index in [2.05, 4.69) is 43.1 Å². The highest BCUT2D eigenvalue weighted by atomic mass is 35.5. The van der Waals surface area contributed by atoms with Crippen LogP contribution in [0, 0.1) is 5.82 Å². The highest BCUT2D eigenvalue weighted by Gasteiger charge is 2.26. The number of nitrogens with one attached hydrogen (secondary N) is 4. The number of benzene rings is 1. The lowest BCUT2D eigenvalue weighted by molar-refractivity contribution is 0.0908. The summed E-state index contributed by atoms with van der Waals surface area (Å²) < 4.78 is 20.5. The molecule has 9 nitrogen and oxygen atoms in total. The number of hydrogen-bond acceptors (Lipinski definition) is 8. The highest BCUT2D eigenvalue weighted by Crippen LogP contribution is 2.32. The van der Waals surface area contributed by atoms with Crippen LogP contribution in [0.1, 0.15) is 55.8 Å². The molecule has 11 heteroatoms. The molecule has 1 aliphatic heterocycles. The van der Waals surface area contributed by atoms with E-state index >= 15 is 4.39 Å². The number of likely N-dealkylation sites (tertiary alicyclic amines) is 1. The van der Waals surface area contributed by atoms with Gasteiger partial charge in [0, 0.05) is 37.3 Å². The molecule has 0 spiro atoms. The predicted molar refractivity (Wildman–Crippen MR) is 145 cm³/mol. The Morgan fingerprint density at radius 1 is 1.19 bits per heavy atom. The minimum Gasteiger partial charge on any atom is -0.495 e. The second kappa shape index (κ2) is 12.7. The summed E-state index contributed by atoms with van der Waals surface area (Å²) in [5.74, 6) is -0.0450. The summed E-state index contributed by atoms with van der Waals surface area (Å²) in [5.41, 5.74) is 0.252. The van der Waals surface area contributed by atoms with Gasteiger partial charge < -0.3 is 30.9 Å².